The summed E-state index contributed by atoms with van der Waals surface area (Å²) in [6.45, 7) is 14.4. The molecule has 4 nitrogen and oxygen atoms in total. The molecule has 0 aliphatic carbocycles. The van der Waals surface area contributed by atoms with Crippen LogP contribution in [0.15, 0.2) is 12.5 Å². The SMILES string of the molecule is CC.CC.CNc1ncnc2c1c(C)cn2C(C)C. The van der Waals surface area contributed by atoms with Crippen LogP contribution in [-0.2, 0) is 0 Å². The van der Waals surface area contributed by atoms with E-state index in [1.165, 1.54) is 5.56 Å². The van der Waals surface area contributed by atoms with Crippen LogP contribution in [-0.4, -0.2) is 21.6 Å². The summed E-state index contributed by atoms with van der Waals surface area (Å²) in [4.78, 5) is 8.57. The molecule has 0 fully saturated rings. The third-order valence-electron chi connectivity index (χ3n) is 2.59. The number of aryl methyl sites for hydroxylation is 1. The van der Waals surface area contributed by atoms with Crippen molar-refractivity contribution in [3.8, 4) is 0 Å². The molecule has 2 heterocycles. The first kappa shape index (κ1) is 17.4. The van der Waals surface area contributed by atoms with Crippen molar-refractivity contribution in [3.05, 3.63) is 18.1 Å². The molecule has 2 aromatic heterocycles. The third-order valence-corrected chi connectivity index (χ3v) is 2.59. The van der Waals surface area contributed by atoms with Crippen LogP contribution in [0.2, 0.25) is 0 Å². The fraction of sp³-hybridized carbons (Fsp3) is 0.600. The first-order valence-corrected chi connectivity index (χ1v) is 7.15. The van der Waals surface area contributed by atoms with E-state index in [-0.39, 0.29) is 0 Å². The first-order valence-electron chi connectivity index (χ1n) is 7.15. The summed E-state index contributed by atoms with van der Waals surface area (Å²) in [6, 6.07) is 0.417. The molecule has 0 amide bonds. The van der Waals surface area contributed by atoms with Crippen molar-refractivity contribution in [3.63, 3.8) is 0 Å². The number of anilines is 1. The second-order valence-electron chi connectivity index (χ2n) is 3.98. The van der Waals surface area contributed by atoms with E-state index in [1.54, 1.807) is 6.33 Å². The molecule has 4 heteroatoms. The Balaban J connectivity index is 0.000000741. The molecule has 0 bridgehead atoms. The van der Waals surface area contributed by atoms with E-state index >= 15 is 0 Å². The highest BCUT2D eigenvalue weighted by Crippen LogP contribution is 2.26. The van der Waals surface area contributed by atoms with Gasteiger partial charge in [-0.25, -0.2) is 9.97 Å². The molecule has 0 aliphatic heterocycles. The Labute approximate surface area is 117 Å². The summed E-state index contributed by atoms with van der Waals surface area (Å²) >= 11 is 0. The predicted octanol–water partition coefficient (Wildman–Crippen LogP) is 4.41. The molecule has 0 spiro atoms. The minimum atomic E-state index is 0.417. The van der Waals surface area contributed by atoms with Gasteiger partial charge < -0.3 is 9.88 Å². The van der Waals surface area contributed by atoms with E-state index in [4.69, 9.17) is 0 Å². The van der Waals surface area contributed by atoms with Gasteiger partial charge in [0.05, 0.1) is 5.39 Å². The molecule has 2 aromatic rings. The summed E-state index contributed by atoms with van der Waals surface area (Å²) in [5.41, 5.74) is 2.21. The van der Waals surface area contributed by atoms with E-state index < -0.39 is 0 Å². The van der Waals surface area contributed by atoms with Gasteiger partial charge in [0.25, 0.3) is 0 Å². The van der Waals surface area contributed by atoms with Crippen molar-refractivity contribution in [1.29, 1.82) is 0 Å². The number of nitrogens with one attached hydrogen (secondary N) is 1. The Morgan fingerprint density at radius 1 is 1.11 bits per heavy atom. The number of hydrogen-bond acceptors (Lipinski definition) is 3. The van der Waals surface area contributed by atoms with Gasteiger partial charge in [-0.05, 0) is 26.3 Å². The smallest absolute Gasteiger partial charge is 0.145 e. The molecule has 0 atom stereocenters. The van der Waals surface area contributed by atoms with Gasteiger partial charge in [-0.3, -0.25) is 0 Å². The summed E-state index contributed by atoms with van der Waals surface area (Å²) in [6.07, 6.45) is 3.73. The molecule has 0 aromatic carbocycles. The fourth-order valence-electron chi connectivity index (χ4n) is 1.85. The van der Waals surface area contributed by atoms with Crippen molar-refractivity contribution >= 4 is 16.9 Å². The highest BCUT2D eigenvalue weighted by atomic mass is 15.1. The van der Waals surface area contributed by atoms with Crippen LogP contribution in [0.5, 0.6) is 0 Å². The molecular formula is C15H28N4. The van der Waals surface area contributed by atoms with Crippen molar-refractivity contribution in [2.75, 3.05) is 12.4 Å². The highest BCUT2D eigenvalue weighted by Gasteiger charge is 2.12. The number of nitrogens with zero attached hydrogens (tertiary/aromatic N) is 3. The first-order chi connectivity index (χ1) is 9.15. The van der Waals surface area contributed by atoms with Crippen LogP contribution in [0.3, 0.4) is 0 Å². The normalized spacial score (nSPS) is 9.53. The number of aromatic nitrogens is 3. The molecule has 1 N–H and O–H groups in total. The van der Waals surface area contributed by atoms with E-state index in [0.717, 1.165) is 16.9 Å². The van der Waals surface area contributed by atoms with E-state index in [0.29, 0.717) is 6.04 Å². The Morgan fingerprint density at radius 2 is 1.68 bits per heavy atom. The minimum Gasteiger partial charge on any atom is -0.372 e. The lowest BCUT2D eigenvalue weighted by Gasteiger charge is -2.08. The Morgan fingerprint density at radius 3 is 2.16 bits per heavy atom. The maximum atomic E-state index is 4.34. The van der Waals surface area contributed by atoms with E-state index in [1.807, 2.05) is 34.7 Å². The van der Waals surface area contributed by atoms with Gasteiger partial charge in [-0.15, -0.1) is 0 Å². The van der Waals surface area contributed by atoms with Gasteiger partial charge >= 0.3 is 0 Å². The van der Waals surface area contributed by atoms with Gasteiger partial charge in [0.15, 0.2) is 0 Å². The summed E-state index contributed by atoms with van der Waals surface area (Å²) in [5.74, 6) is 0.900. The van der Waals surface area contributed by atoms with Crippen LogP contribution in [0.1, 0.15) is 53.1 Å². The monoisotopic (exact) mass is 264 g/mol. The Kier molecular flexibility index (Phi) is 7.80. The number of fused-ring (bicyclic) bond motifs is 1. The second kappa shape index (κ2) is 8.51. The summed E-state index contributed by atoms with van der Waals surface area (Å²) < 4.78 is 2.17. The maximum Gasteiger partial charge on any atom is 0.145 e. The molecule has 0 aliphatic rings. The highest BCUT2D eigenvalue weighted by molar-refractivity contribution is 5.90. The zero-order chi connectivity index (χ0) is 15.0. The van der Waals surface area contributed by atoms with Gasteiger partial charge in [0.1, 0.15) is 17.8 Å². The predicted molar refractivity (Wildman–Crippen MR) is 84.9 cm³/mol. The standard InChI is InChI=1S/C11H16N4.2C2H6/c1-7(2)15-5-8(3)9-10(12-4)13-6-14-11(9)15;2*1-2/h5-7H,1-4H3,(H,12,13,14);2*1-2H3. The Bertz CT molecular complexity index is 486. The quantitative estimate of drug-likeness (QED) is 0.873. The fourth-order valence-corrected chi connectivity index (χ4v) is 1.85. The molecule has 0 saturated carbocycles. The van der Waals surface area contributed by atoms with E-state index in [9.17, 15) is 0 Å². The molecule has 0 radical (unpaired) electrons. The van der Waals surface area contributed by atoms with Crippen LogP contribution in [0.25, 0.3) is 11.0 Å². The minimum absolute atomic E-state index is 0.417. The zero-order valence-corrected chi connectivity index (χ0v) is 13.6. The lowest BCUT2D eigenvalue weighted by Crippen LogP contribution is -2.01. The van der Waals surface area contributed by atoms with E-state index in [2.05, 4.69) is 46.8 Å². The van der Waals surface area contributed by atoms with Gasteiger partial charge in [0, 0.05) is 19.3 Å². The second-order valence-corrected chi connectivity index (χ2v) is 3.98. The summed E-state index contributed by atoms with van der Waals surface area (Å²) in [7, 11) is 1.88. The third kappa shape index (κ3) is 3.69. The molecule has 108 valence electrons. The van der Waals surface area contributed by atoms with Gasteiger partial charge in [-0.2, -0.15) is 0 Å². The molecule has 19 heavy (non-hydrogen) atoms. The van der Waals surface area contributed by atoms with Crippen LogP contribution in [0, 0.1) is 6.92 Å². The van der Waals surface area contributed by atoms with Crippen LogP contribution < -0.4 is 5.32 Å². The molecule has 0 saturated heterocycles. The Hall–Kier alpha value is -1.58. The zero-order valence-electron chi connectivity index (χ0n) is 13.6. The van der Waals surface area contributed by atoms with Crippen molar-refractivity contribution in [2.24, 2.45) is 0 Å². The lowest BCUT2D eigenvalue weighted by molar-refractivity contribution is 0.616. The lowest BCUT2D eigenvalue weighted by atomic mass is 10.2. The number of hydrogen-bond donors (Lipinski definition) is 1. The van der Waals surface area contributed by atoms with Crippen molar-refractivity contribution < 1.29 is 0 Å². The average Bonchev–Trinajstić information content (AvgIpc) is 2.81. The van der Waals surface area contributed by atoms with Gasteiger partial charge in [-0.1, -0.05) is 27.7 Å². The average molecular weight is 264 g/mol. The van der Waals surface area contributed by atoms with Crippen LogP contribution >= 0.6 is 0 Å². The molecule has 0 unspecified atom stereocenters. The maximum absolute atomic E-state index is 4.34. The van der Waals surface area contributed by atoms with Crippen LogP contribution in [0.4, 0.5) is 5.82 Å². The largest absolute Gasteiger partial charge is 0.372 e. The number of rotatable bonds is 2. The molecular weight excluding hydrogens is 236 g/mol. The molecule has 2 rings (SSSR count). The van der Waals surface area contributed by atoms with Crippen molar-refractivity contribution in [1.82, 2.24) is 14.5 Å². The van der Waals surface area contributed by atoms with Crippen molar-refractivity contribution in [2.45, 2.75) is 54.5 Å². The topological polar surface area (TPSA) is 42.7 Å². The summed E-state index contributed by atoms with van der Waals surface area (Å²) in [5, 5.41) is 4.22. The van der Waals surface area contributed by atoms with Gasteiger partial charge in [0.2, 0.25) is 0 Å².